The van der Waals surface area contributed by atoms with Crippen LogP contribution in [-0.4, -0.2) is 5.91 Å². The zero-order chi connectivity index (χ0) is 13.4. The van der Waals surface area contributed by atoms with Crippen molar-refractivity contribution < 1.29 is 9.21 Å². The monoisotopic (exact) mass is 320 g/mol. The van der Waals surface area contributed by atoms with Crippen molar-refractivity contribution in [2.45, 2.75) is 18.9 Å². The summed E-state index contributed by atoms with van der Waals surface area (Å²) in [7, 11) is 0. The molecule has 0 fully saturated rings. The maximum absolute atomic E-state index is 11.3. The van der Waals surface area contributed by atoms with Crippen LogP contribution in [0.3, 0.4) is 0 Å². The molecule has 1 aliphatic heterocycles. The quantitative estimate of drug-likeness (QED) is 0.893. The molecule has 1 aliphatic rings. The van der Waals surface area contributed by atoms with Crippen LogP contribution in [0.1, 0.15) is 29.2 Å². The predicted octanol–water partition coefficient (Wildman–Crippen LogP) is 2.97. The summed E-state index contributed by atoms with van der Waals surface area (Å²) in [5.74, 6) is 0.0714. The van der Waals surface area contributed by atoms with Gasteiger partial charge in [0.1, 0.15) is 0 Å². The number of hydrogen-bond donors (Lipinski definition) is 2. The van der Waals surface area contributed by atoms with E-state index in [4.69, 9.17) is 10.2 Å². The number of hydrogen-bond acceptors (Lipinski definition) is 3. The van der Waals surface area contributed by atoms with Crippen molar-refractivity contribution in [1.82, 2.24) is 0 Å². The fourth-order valence-corrected chi connectivity index (χ4v) is 2.79. The number of nitrogens with one attached hydrogen (secondary N) is 1. The first-order valence-corrected chi connectivity index (χ1v) is 6.85. The molecule has 0 saturated carbocycles. The number of benzene rings is 1. The molecule has 1 amide bonds. The fraction of sp³-hybridized carbons (Fsp3) is 0.214. The molecule has 1 atom stereocenters. The average Bonchev–Trinajstić information content (AvgIpc) is 2.83. The summed E-state index contributed by atoms with van der Waals surface area (Å²) >= 11 is 3.34. The normalized spacial score (nSPS) is 15.8. The standard InChI is InChI=1S/C14H13BrN2O2/c15-14-10(5-6-19-14)13(16)9-1-3-11-8(7-9)2-4-12(18)17-11/h1,3,5-7,13H,2,4,16H2,(H,17,18). The number of carbonyl (C=O) groups is 1. The van der Waals surface area contributed by atoms with Gasteiger partial charge in [0.2, 0.25) is 5.91 Å². The average molecular weight is 321 g/mol. The zero-order valence-corrected chi connectivity index (χ0v) is 11.7. The Morgan fingerprint density at radius 1 is 1.32 bits per heavy atom. The summed E-state index contributed by atoms with van der Waals surface area (Å²) in [4.78, 5) is 11.3. The van der Waals surface area contributed by atoms with Crippen LogP contribution in [-0.2, 0) is 11.2 Å². The van der Waals surface area contributed by atoms with E-state index in [1.807, 2.05) is 18.2 Å². The minimum Gasteiger partial charge on any atom is -0.457 e. The number of aryl methyl sites for hydroxylation is 1. The Morgan fingerprint density at radius 3 is 2.89 bits per heavy atom. The number of fused-ring (bicyclic) bond motifs is 1. The summed E-state index contributed by atoms with van der Waals surface area (Å²) in [6.45, 7) is 0. The van der Waals surface area contributed by atoms with Gasteiger partial charge in [-0.2, -0.15) is 0 Å². The van der Waals surface area contributed by atoms with Crippen molar-refractivity contribution >= 4 is 27.5 Å². The molecule has 3 rings (SSSR count). The molecule has 3 N–H and O–H groups in total. The molecule has 1 aromatic heterocycles. The van der Waals surface area contributed by atoms with Gasteiger partial charge in [0.15, 0.2) is 4.67 Å². The summed E-state index contributed by atoms with van der Waals surface area (Å²) in [5.41, 5.74) is 10.2. The summed E-state index contributed by atoms with van der Waals surface area (Å²) in [5, 5.41) is 2.86. The Kier molecular flexibility index (Phi) is 3.16. The molecule has 0 aliphatic carbocycles. The van der Waals surface area contributed by atoms with Crippen LogP contribution in [0.5, 0.6) is 0 Å². The molecule has 19 heavy (non-hydrogen) atoms. The van der Waals surface area contributed by atoms with E-state index in [0.29, 0.717) is 11.1 Å². The first-order valence-electron chi connectivity index (χ1n) is 6.06. The SMILES string of the molecule is NC(c1ccc2c(c1)CCC(=O)N2)c1ccoc1Br. The van der Waals surface area contributed by atoms with Crippen molar-refractivity contribution in [3.8, 4) is 0 Å². The number of furan rings is 1. The lowest BCUT2D eigenvalue weighted by molar-refractivity contribution is -0.116. The fourth-order valence-electron chi connectivity index (χ4n) is 2.30. The van der Waals surface area contributed by atoms with Gasteiger partial charge in [0.25, 0.3) is 0 Å². The third kappa shape index (κ3) is 2.31. The molecule has 0 saturated heterocycles. The van der Waals surface area contributed by atoms with Crippen LogP contribution < -0.4 is 11.1 Å². The number of amides is 1. The third-order valence-electron chi connectivity index (χ3n) is 3.37. The molecule has 2 heterocycles. The van der Waals surface area contributed by atoms with Gasteiger partial charge in [-0.15, -0.1) is 0 Å². The largest absolute Gasteiger partial charge is 0.457 e. The van der Waals surface area contributed by atoms with Gasteiger partial charge in [0.05, 0.1) is 12.3 Å². The maximum atomic E-state index is 11.3. The Bertz CT molecular complexity index is 636. The highest BCUT2D eigenvalue weighted by Crippen LogP contribution is 2.31. The predicted molar refractivity (Wildman–Crippen MR) is 75.8 cm³/mol. The lowest BCUT2D eigenvalue weighted by atomic mass is 9.95. The second kappa shape index (κ2) is 4.83. The van der Waals surface area contributed by atoms with E-state index in [-0.39, 0.29) is 11.9 Å². The molecular formula is C14H13BrN2O2. The molecule has 5 heteroatoms. The molecule has 4 nitrogen and oxygen atoms in total. The van der Waals surface area contributed by atoms with E-state index in [1.54, 1.807) is 6.26 Å². The molecule has 2 aromatic rings. The maximum Gasteiger partial charge on any atom is 0.224 e. The van der Waals surface area contributed by atoms with Crippen LogP contribution in [0.4, 0.5) is 5.69 Å². The van der Waals surface area contributed by atoms with Crippen molar-refractivity contribution in [2.75, 3.05) is 5.32 Å². The van der Waals surface area contributed by atoms with Gasteiger partial charge in [-0.25, -0.2) is 0 Å². The van der Waals surface area contributed by atoms with E-state index < -0.39 is 0 Å². The smallest absolute Gasteiger partial charge is 0.224 e. The topological polar surface area (TPSA) is 68.3 Å². The van der Waals surface area contributed by atoms with Gasteiger partial charge in [-0.1, -0.05) is 12.1 Å². The molecule has 0 spiro atoms. The second-order valence-electron chi connectivity index (χ2n) is 4.59. The van der Waals surface area contributed by atoms with Crippen LogP contribution in [0.25, 0.3) is 0 Å². The van der Waals surface area contributed by atoms with E-state index in [2.05, 4.69) is 27.3 Å². The van der Waals surface area contributed by atoms with Crippen molar-refractivity contribution in [1.29, 1.82) is 0 Å². The van der Waals surface area contributed by atoms with Gasteiger partial charge in [-0.3, -0.25) is 4.79 Å². The molecule has 1 aromatic carbocycles. The molecule has 0 radical (unpaired) electrons. The Hall–Kier alpha value is -1.59. The zero-order valence-electron chi connectivity index (χ0n) is 10.2. The minimum atomic E-state index is -0.240. The first kappa shape index (κ1) is 12.4. The van der Waals surface area contributed by atoms with Gasteiger partial charge in [-0.05, 0) is 45.6 Å². The number of carbonyl (C=O) groups excluding carboxylic acids is 1. The number of rotatable bonds is 2. The Balaban J connectivity index is 1.94. The molecule has 0 bridgehead atoms. The first-order chi connectivity index (χ1) is 9.15. The highest BCUT2D eigenvalue weighted by atomic mass is 79.9. The number of halogens is 1. The highest BCUT2D eigenvalue weighted by molar-refractivity contribution is 9.10. The van der Waals surface area contributed by atoms with Gasteiger partial charge < -0.3 is 15.5 Å². The van der Waals surface area contributed by atoms with Gasteiger partial charge in [0, 0.05) is 17.7 Å². The Labute approximate surface area is 119 Å². The van der Waals surface area contributed by atoms with Crippen LogP contribution in [0.15, 0.2) is 39.6 Å². The summed E-state index contributed by atoms with van der Waals surface area (Å²) < 4.78 is 5.87. The van der Waals surface area contributed by atoms with E-state index in [0.717, 1.165) is 28.8 Å². The van der Waals surface area contributed by atoms with Crippen molar-refractivity contribution in [2.24, 2.45) is 5.73 Å². The van der Waals surface area contributed by atoms with E-state index >= 15 is 0 Å². The lowest BCUT2D eigenvalue weighted by Crippen LogP contribution is -2.20. The van der Waals surface area contributed by atoms with Gasteiger partial charge >= 0.3 is 0 Å². The minimum absolute atomic E-state index is 0.0714. The highest BCUT2D eigenvalue weighted by Gasteiger charge is 2.19. The summed E-state index contributed by atoms with van der Waals surface area (Å²) in [6.07, 6.45) is 2.90. The second-order valence-corrected chi connectivity index (χ2v) is 5.31. The van der Waals surface area contributed by atoms with E-state index in [1.165, 1.54) is 0 Å². The molecule has 1 unspecified atom stereocenters. The third-order valence-corrected chi connectivity index (χ3v) is 4.01. The number of anilines is 1. The Morgan fingerprint density at radius 2 is 2.16 bits per heavy atom. The van der Waals surface area contributed by atoms with Crippen molar-refractivity contribution in [3.63, 3.8) is 0 Å². The summed E-state index contributed by atoms with van der Waals surface area (Å²) in [6, 6.07) is 7.52. The lowest BCUT2D eigenvalue weighted by Gasteiger charge is -2.19. The molecular weight excluding hydrogens is 308 g/mol. The number of nitrogens with two attached hydrogens (primary N) is 1. The van der Waals surface area contributed by atoms with Crippen LogP contribution in [0, 0.1) is 0 Å². The van der Waals surface area contributed by atoms with Crippen LogP contribution in [0.2, 0.25) is 0 Å². The molecule has 98 valence electrons. The van der Waals surface area contributed by atoms with Crippen molar-refractivity contribution in [3.05, 3.63) is 51.9 Å². The van der Waals surface area contributed by atoms with E-state index in [9.17, 15) is 4.79 Å². The van der Waals surface area contributed by atoms with Crippen LogP contribution >= 0.6 is 15.9 Å².